The monoisotopic (exact) mass is 263 g/mol. The molecule has 2 heterocycles. The predicted octanol–water partition coefficient (Wildman–Crippen LogP) is 1.18. The largest absolute Gasteiger partial charge is 0.346 e. The maximum absolute atomic E-state index is 12.1. The van der Waals surface area contributed by atoms with Crippen molar-refractivity contribution in [3.05, 3.63) is 24.0 Å². The Morgan fingerprint density at radius 2 is 2.32 bits per heavy atom. The Morgan fingerprint density at radius 1 is 1.58 bits per heavy atom. The highest BCUT2D eigenvalue weighted by atomic mass is 16.5. The predicted molar refractivity (Wildman–Crippen MR) is 70.9 cm³/mol. The van der Waals surface area contributed by atoms with Gasteiger partial charge in [-0.1, -0.05) is 5.16 Å². The molecule has 2 aromatic heterocycles. The fourth-order valence-corrected chi connectivity index (χ4v) is 1.61. The van der Waals surface area contributed by atoms with Gasteiger partial charge in [-0.05, 0) is 13.8 Å². The molecule has 0 aliphatic rings. The molecule has 7 nitrogen and oxygen atoms in total. The van der Waals surface area contributed by atoms with E-state index in [2.05, 4.69) is 15.6 Å². The van der Waals surface area contributed by atoms with Crippen LogP contribution in [0.4, 0.5) is 11.7 Å². The Balaban J connectivity index is 2.02. The SMILES string of the molecule is Cc1cc(NC(=O)C(C)N(C)c2ccn(C)n2)on1. The van der Waals surface area contributed by atoms with Crippen molar-refractivity contribution < 1.29 is 9.32 Å². The average molecular weight is 263 g/mol. The molecule has 19 heavy (non-hydrogen) atoms. The second kappa shape index (κ2) is 5.13. The molecule has 0 aliphatic carbocycles. The number of amides is 1. The number of nitrogens with zero attached hydrogens (tertiary/aromatic N) is 4. The third kappa shape index (κ3) is 2.93. The first-order chi connectivity index (χ1) is 8.97. The summed E-state index contributed by atoms with van der Waals surface area (Å²) in [6.45, 7) is 3.59. The number of carbonyl (C=O) groups is 1. The lowest BCUT2D eigenvalue weighted by molar-refractivity contribution is -0.117. The van der Waals surface area contributed by atoms with Gasteiger partial charge >= 0.3 is 0 Å². The van der Waals surface area contributed by atoms with Crippen molar-refractivity contribution in [1.29, 1.82) is 0 Å². The summed E-state index contributed by atoms with van der Waals surface area (Å²) in [4.78, 5) is 13.9. The molecule has 0 fully saturated rings. The van der Waals surface area contributed by atoms with E-state index in [0.717, 1.165) is 11.5 Å². The topological polar surface area (TPSA) is 76.2 Å². The lowest BCUT2D eigenvalue weighted by Gasteiger charge is -2.23. The molecule has 2 aromatic rings. The van der Waals surface area contributed by atoms with Gasteiger partial charge in [-0.25, -0.2) is 0 Å². The Kier molecular flexibility index (Phi) is 3.55. The van der Waals surface area contributed by atoms with Crippen LogP contribution in [0.3, 0.4) is 0 Å². The van der Waals surface area contributed by atoms with Crippen LogP contribution in [0.25, 0.3) is 0 Å². The fourth-order valence-electron chi connectivity index (χ4n) is 1.61. The van der Waals surface area contributed by atoms with Crippen LogP contribution >= 0.6 is 0 Å². The minimum atomic E-state index is -0.375. The molecular formula is C12H17N5O2. The average Bonchev–Trinajstić information content (AvgIpc) is 2.96. The Morgan fingerprint density at radius 3 is 2.84 bits per heavy atom. The summed E-state index contributed by atoms with van der Waals surface area (Å²) in [6, 6.07) is 3.15. The number of hydrogen-bond donors (Lipinski definition) is 1. The smallest absolute Gasteiger partial charge is 0.249 e. The van der Waals surface area contributed by atoms with E-state index in [1.165, 1.54) is 0 Å². The van der Waals surface area contributed by atoms with Gasteiger partial charge in [0.2, 0.25) is 11.8 Å². The summed E-state index contributed by atoms with van der Waals surface area (Å²) in [6.07, 6.45) is 1.83. The zero-order chi connectivity index (χ0) is 14.0. The van der Waals surface area contributed by atoms with Crippen LogP contribution < -0.4 is 10.2 Å². The van der Waals surface area contributed by atoms with Gasteiger partial charge < -0.3 is 9.42 Å². The van der Waals surface area contributed by atoms with Crippen molar-refractivity contribution in [1.82, 2.24) is 14.9 Å². The molecule has 1 amide bonds. The molecule has 0 aromatic carbocycles. The van der Waals surface area contributed by atoms with E-state index in [0.29, 0.717) is 5.88 Å². The zero-order valence-electron chi connectivity index (χ0n) is 11.4. The van der Waals surface area contributed by atoms with Crippen LogP contribution in [0.1, 0.15) is 12.6 Å². The molecule has 0 bridgehead atoms. The van der Waals surface area contributed by atoms with Crippen LogP contribution in [-0.2, 0) is 11.8 Å². The molecule has 0 spiro atoms. The van der Waals surface area contributed by atoms with Gasteiger partial charge in [0, 0.05) is 32.4 Å². The Hall–Kier alpha value is -2.31. The Bertz CT molecular complexity index is 574. The highest BCUT2D eigenvalue weighted by Gasteiger charge is 2.21. The third-order valence-electron chi connectivity index (χ3n) is 2.90. The standard InChI is InChI=1S/C12H17N5O2/c1-8-7-11(19-15-8)13-12(18)9(2)17(4)10-5-6-16(3)14-10/h5-7,9H,1-4H3,(H,13,18). The van der Waals surface area contributed by atoms with E-state index in [4.69, 9.17) is 4.52 Å². The summed E-state index contributed by atoms with van der Waals surface area (Å²) in [5.41, 5.74) is 0.723. The summed E-state index contributed by atoms with van der Waals surface area (Å²) < 4.78 is 6.65. The minimum Gasteiger partial charge on any atom is -0.346 e. The van der Waals surface area contributed by atoms with Gasteiger partial charge in [0.25, 0.3) is 0 Å². The van der Waals surface area contributed by atoms with E-state index in [1.807, 2.05) is 26.4 Å². The summed E-state index contributed by atoms with van der Waals surface area (Å²) in [7, 11) is 3.65. The molecule has 102 valence electrons. The van der Waals surface area contributed by atoms with Crippen LogP contribution in [-0.4, -0.2) is 33.9 Å². The van der Waals surface area contributed by atoms with Crippen molar-refractivity contribution in [3.8, 4) is 0 Å². The van der Waals surface area contributed by atoms with Crippen LogP contribution in [0.2, 0.25) is 0 Å². The molecule has 0 saturated heterocycles. The van der Waals surface area contributed by atoms with E-state index in [9.17, 15) is 4.79 Å². The van der Waals surface area contributed by atoms with Gasteiger partial charge in [0.05, 0.1) is 5.69 Å². The highest BCUT2D eigenvalue weighted by Crippen LogP contribution is 2.14. The quantitative estimate of drug-likeness (QED) is 0.896. The van der Waals surface area contributed by atoms with Gasteiger partial charge in [-0.2, -0.15) is 5.10 Å². The lowest BCUT2D eigenvalue weighted by Crippen LogP contribution is -2.39. The van der Waals surface area contributed by atoms with Gasteiger partial charge in [0.15, 0.2) is 5.82 Å². The molecule has 0 radical (unpaired) electrons. The van der Waals surface area contributed by atoms with Gasteiger partial charge in [-0.3, -0.25) is 14.8 Å². The van der Waals surface area contributed by atoms with Crippen molar-refractivity contribution >= 4 is 17.6 Å². The molecular weight excluding hydrogens is 246 g/mol. The molecule has 0 saturated carbocycles. The number of hydrogen-bond acceptors (Lipinski definition) is 5. The van der Waals surface area contributed by atoms with E-state index in [-0.39, 0.29) is 11.9 Å². The summed E-state index contributed by atoms with van der Waals surface area (Å²) >= 11 is 0. The van der Waals surface area contributed by atoms with Crippen molar-refractivity contribution in [2.75, 3.05) is 17.3 Å². The van der Waals surface area contributed by atoms with E-state index in [1.54, 1.807) is 29.5 Å². The second-order valence-corrected chi connectivity index (χ2v) is 4.46. The highest BCUT2D eigenvalue weighted by molar-refractivity contribution is 5.95. The maximum atomic E-state index is 12.1. The lowest BCUT2D eigenvalue weighted by atomic mass is 10.2. The number of aryl methyl sites for hydroxylation is 2. The van der Waals surface area contributed by atoms with Gasteiger partial charge in [-0.15, -0.1) is 0 Å². The first-order valence-corrected chi connectivity index (χ1v) is 5.94. The minimum absolute atomic E-state index is 0.177. The third-order valence-corrected chi connectivity index (χ3v) is 2.90. The van der Waals surface area contributed by atoms with Crippen LogP contribution in [0.5, 0.6) is 0 Å². The first kappa shape index (κ1) is 13.1. The van der Waals surface area contributed by atoms with Crippen LogP contribution in [0, 0.1) is 6.92 Å². The molecule has 1 N–H and O–H groups in total. The number of rotatable bonds is 4. The number of likely N-dealkylation sites (N-methyl/N-ethyl adjacent to an activating group) is 1. The normalized spacial score (nSPS) is 12.2. The van der Waals surface area contributed by atoms with Crippen molar-refractivity contribution in [2.45, 2.75) is 19.9 Å². The molecule has 1 atom stereocenters. The zero-order valence-corrected chi connectivity index (χ0v) is 11.4. The fraction of sp³-hybridized carbons (Fsp3) is 0.417. The molecule has 2 rings (SSSR count). The second-order valence-electron chi connectivity index (χ2n) is 4.46. The Labute approximate surface area is 111 Å². The van der Waals surface area contributed by atoms with E-state index >= 15 is 0 Å². The molecule has 1 unspecified atom stereocenters. The van der Waals surface area contributed by atoms with Crippen molar-refractivity contribution in [3.63, 3.8) is 0 Å². The number of aromatic nitrogens is 3. The van der Waals surface area contributed by atoms with E-state index < -0.39 is 0 Å². The van der Waals surface area contributed by atoms with Crippen LogP contribution in [0.15, 0.2) is 22.9 Å². The summed E-state index contributed by atoms with van der Waals surface area (Å²) in [5, 5.41) is 10.6. The van der Waals surface area contributed by atoms with Gasteiger partial charge in [0.1, 0.15) is 6.04 Å². The maximum Gasteiger partial charge on any atom is 0.249 e. The molecule has 7 heteroatoms. The van der Waals surface area contributed by atoms with Crippen molar-refractivity contribution in [2.24, 2.45) is 7.05 Å². The number of anilines is 2. The summed E-state index contributed by atoms with van der Waals surface area (Å²) in [5.74, 6) is 0.909. The first-order valence-electron chi connectivity index (χ1n) is 5.94. The number of nitrogens with one attached hydrogen (secondary N) is 1. The number of carbonyl (C=O) groups excluding carboxylic acids is 1. The molecule has 0 aliphatic heterocycles.